The Morgan fingerprint density at radius 2 is 2.40 bits per heavy atom. The van der Waals surface area contributed by atoms with E-state index in [2.05, 4.69) is 19.4 Å². The summed E-state index contributed by atoms with van der Waals surface area (Å²) < 4.78 is 5.26. The first-order chi connectivity index (χ1) is 4.93. The van der Waals surface area contributed by atoms with Gasteiger partial charge in [-0.3, -0.25) is 0 Å². The summed E-state index contributed by atoms with van der Waals surface area (Å²) in [7, 11) is 0. The van der Waals surface area contributed by atoms with Crippen LogP contribution in [0, 0.1) is 6.42 Å². The second kappa shape index (κ2) is 4.15. The van der Waals surface area contributed by atoms with Crippen LogP contribution in [-0.2, 0) is 4.74 Å². The molecule has 1 aliphatic rings. The van der Waals surface area contributed by atoms with Gasteiger partial charge in [-0.05, 0) is 18.6 Å². The molecule has 0 amide bonds. The zero-order chi connectivity index (χ0) is 7.23. The van der Waals surface area contributed by atoms with Gasteiger partial charge in [0, 0.05) is 6.42 Å². The van der Waals surface area contributed by atoms with Crippen molar-refractivity contribution >= 4 is 0 Å². The summed E-state index contributed by atoms with van der Waals surface area (Å²) in [5.41, 5.74) is 0. The third-order valence-corrected chi connectivity index (χ3v) is 1.41. The second-order valence-corrected chi connectivity index (χ2v) is 2.34. The molecule has 0 aromatic heterocycles. The molecule has 10 heavy (non-hydrogen) atoms. The molecule has 0 aromatic rings. The summed E-state index contributed by atoms with van der Waals surface area (Å²) in [5.74, 6) is 0. The summed E-state index contributed by atoms with van der Waals surface area (Å²) in [6.07, 6.45) is 12.4. The molecule has 1 aliphatic heterocycles. The molecule has 0 fully saturated rings. The van der Waals surface area contributed by atoms with Crippen molar-refractivity contribution in [3.05, 3.63) is 30.9 Å². The molecule has 1 rings (SSSR count). The monoisotopic (exact) mass is 137 g/mol. The van der Waals surface area contributed by atoms with Crippen LogP contribution in [0.25, 0.3) is 0 Å². The fourth-order valence-corrected chi connectivity index (χ4v) is 0.866. The average Bonchev–Trinajstić information content (AvgIpc) is 2.03. The molecule has 0 aliphatic carbocycles. The first-order valence-electron chi connectivity index (χ1n) is 3.75. The Morgan fingerprint density at radius 1 is 1.50 bits per heavy atom. The van der Waals surface area contributed by atoms with E-state index in [0.717, 1.165) is 6.42 Å². The highest BCUT2D eigenvalue weighted by Gasteiger charge is 2.03. The Bertz CT molecular complexity index is 136. The Labute approximate surface area is 62.4 Å². The predicted molar refractivity (Wildman–Crippen MR) is 42.4 cm³/mol. The van der Waals surface area contributed by atoms with Crippen LogP contribution in [-0.4, -0.2) is 6.10 Å². The van der Waals surface area contributed by atoms with Crippen molar-refractivity contribution in [1.82, 2.24) is 0 Å². The number of hydrogen-bond donors (Lipinski definition) is 0. The van der Waals surface area contributed by atoms with E-state index in [1.54, 1.807) is 6.26 Å². The lowest BCUT2D eigenvalue weighted by Gasteiger charge is -2.13. The predicted octanol–water partition coefficient (Wildman–Crippen LogP) is 2.46. The van der Waals surface area contributed by atoms with Gasteiger partial charge >= 0.3 is 0 Å². The van der Waals surface area contributed by atoms with Crippen LogP contribution in [0.1, 0.15) is 19.8 Å². The van der Waals surface area contributed by atoms with Gasteiger partial charge in [0.05, 0.1) is 6.26 Å². The molecule has 1 nitrogen and oxygen atoms in total. The lowest BCUT2D eigenvalue weighted by Crippen LogP contribution is -2.08. The van der Waals surface area contributed by atoms with Crippen LogP contribution in [0.15, 0.2) is 24.5 Å². The molecule has 0 aromatic carbocycles. The number of unbranched alkanes of at least 4 members (excludes halogenated alkanes) is 1. The zero-order valence-electron chi connectivity index (χ0n) is 6.29. The molecule has 1 radical (unpaired) electrons. The highest BCUT2D eigenvalue weighted by atomic mass is 16.5. The highest BCUT2D eigenvalue weighted by Crippen LogP contribution is 2.08. The molecular formula is C9H13O. The van der Waals surface area contributed by atoms with Gasteiger partial charge in [-0.15, -0.1) is 0 Å². The maximum absolute atomic E-state index is 5.26. The van der Waals surface area contributed by atoms with E-state index in [0.29, 0.717) is 0 Å². The number of hydrogen-bond acceptors (Lipinski definition) is 1. The molecule has 0 saturated heterocycles. The van der Waals surface area contributed by atoms with E-state index in [1.807, 2.05) is 12.2 Å². The minimum Gasteiger partial charge on any atom is -0.494 e. The molecule has 55 valence electrons. The minimum atomic E-state index is 0.213. The van der Waals surface area contributed by atoms with E-state index in [1.165, 1.54) is 6.42 Å². The fourth-order valence-electron chi connectivity index (χ4n) is 0.866. The van der Waals surface area contributed by atoms with Gasteiger partial charge in [-0.1, -0.05) is 19.4 Å². The summed E-state index contributed by atoms with van der Waals surface area (Å²) in [5, 5.41) is 0. The Morgan fingerprint density at radius 3 is 3.00 bits per heavy atom. The van der Waals surface area contributed by atoms with E-state index in [4.69, 9.17) is 4.74 Å². The number of ether oxygens (including phenoxy) is 1. The van der Waals surface area contributed by atoms with Crippen molar-refractivity contribution in [1.29, 1.82) is 0 Å². The van der Waals surface area contributed by atoms with Crippen LogP contribution in [0.2, 0.25) is 0 Å². The lowest BCUT2D eigenvalue weighted by molar-refractivity contribution is 0.207. The maximum Gasteiger partial charge on any atom is 0.119 e. The largest absolute Gasteiger partial charge is 0.494 e. The van der Waals surface area contributed by atoms with E-state index >= 15 is 0 Å². The van der Waals surface area contributed by atoms with Crippen LogP contribution in [0.3, 0.4) is 0 Å². The first-order valence-corrected chi connectivity index (χ1v) is 3.75. The number of rotatable bonds is 3. The van der Waals surface area contributed by atoms with Gasteiger partial charge in [0.2, 0.25) is 0 Å². The SMILES string of the molecule is CCC[CH]C1C=CC=CO1. The quantitative estimate of drug-likeness (QED) is 0.580. The van der Waals surface area contributed by atoms with Crippen LogP contribution in [0.4, 0.5) is 0 Å². The molecule has 1 heterocycles. The second-order valence-electron chi connectivity index (χ2n) is 2.34. The zero-order valence-corrected chi connectivity index (χ0v) is 6.29. The Kier molecular flexibility index (Phi) is 3.07. The molecule has 1 heteroatoms. The lowest BCUT2D eigenvalue weighted by atomic mass is 10.1. The van der Waals surface area contributed by atoms with Crippen molar-refractivity contribution in [2.24, 2.45) is 0 Å². The van der Waals surface area contributed by atoms with Gasteiger partial charge in [0.25, 0.3) is 0 Å². The first kappa shape index (κ1) is 7.39. The van der Waals surface area contributed by atoms with E-state index < -0.39 is 0 Å². The van der Waals surface area contributed by atoms with Gasteiger partial charge in [-0.2, -0.15) is 0 Å². The van der Waals surface area contributed by atoms with Crippen molar-refractivity contribution in [2.45, 2.75) is 25.9 Å². The summed E-state index contributed by atoms with van der Waals surface area (Å²) in [6.45, 7) is 2.17. The maximum atomic E-state index is 5.26. The molecular weight excluding hydrogens is 124 g/mol. The molecule has 0 saturated carbocycles. The Hall–Kier alpha value is -0.720. The molecule has 1 unspecified atom stereocenters. The average molecular weight is 137 g/mol. The summed E-state index contributed by atoms with van der Waals surface area (Å²) in [6, 6.07) is 0. The van der Waals surface area contributed by atoms with Crippen molar-refractivity contribution < 1.29 is 4.74 Å². The van der Waals surface area contributed by atoms with Crippen molar-refractivity contribution in [3.8, 4) is 0 Å². The minimum absolute atomic E-state index is 0.213. The van der Waals surface area contributed by atoms with Crippen LogP contribution >= 0.6 is 0 Å². The molecule has 1 atom stereocenters. The normalized spacial score (nSPS) is 22.7. The molecule has 0 N–H and O–H groups in total. The Balaban J connectivity index is 2.17. The topological polar surface area (TPSA) is 9.23 Å². The van der Waals surface area contributed by atoms with Crippen LogP contribution in [0.5, 0.6) is 0 Å². The van der Waals surface area contributed by atoms with Gasteiger partial charge in [0.15, 0.2) is 0 Å². The van der Waals surface area contributed by atoms with Crippen molar-refractivity contribution in [3.63, 3.8) is 0 Å². The summed E-state index contributed by atoms with van der Waals surface area (Å²) in [4.78, 5) is 0. The van der Waals surface area contributed by atoms with Crippen LogP contribution < -0.4 is 0 Å². The summed E-state index contributed by atoms with van der Waals surface area (Å²) >= 11 is 0. The van der Waals surface area contributed by atoms with Gasteiger partial charge in [-0.25, -0.2) is 0 Å². The molecule has 0 spiro atoms. The third-order valence-electron chi connectivity index (χ3n) is 1.41. The molecule has 0 bridgehead atoms. The van der Waals surface area contributed by atoms with Gasteiger partial charge in [0.1, 0.15) is 6.10 Å². The van der Waals surface area contributed by atoms with E-state index in [-0.39, 0.29) is 6.10 Å². The fraction of sp³-hybridized carbons (Fsp3) is 0.444. The third kappa shape index (κ3) is 2.26. The van der Waals surface area contributed by atoms with E-state index in [9.17, 15) is 0 Å². The smallest absolute Gasteiger partial charge is 0.119 e. The highest BCUT2D eigenvalue weighted by molar-refractivity contribution is 5.10. The standard InChI is InChI=1S/C9H13O/c1-2-3-6-9-7-4-5-8-10-9/h4-9H,2-3H2,1H3. The van der Waals surface area contributed by atoms with Gasteiger partial charge < -0.3 is 4.74 Å². The number of allylic oxidation sites excluding steroid dienone is 2. The van der Waals surface area contributed by atoms with Crippen molar-refractivity contribution in [2.75, 3.05) is 0 Å².